The summed E-state index contributed by atoms with van der Waals surface area (Å²) in [6, 6.07) is 46.9. The molecule has 0 fully saturated rings. The van der Waals surface area contributed by atoms with E-state index in [0.717, 1.165) is 28.4 Å². The zero-order valence-electron chi connectivity index (χ0n) is 48.6. The molecule has 0 spiro atoms. The Morgan fingerprint density at radius 1 is 0.588 bits per heavy atom. The lowest BCUT2D eigenvalue weighted by Crippen LogP contribution is -2.69. The Bertz CT molecular complexity index is 3240. The molecule has 6 aromatic rings. The molecule has 1 amide bonds. The number of hydrogen-bond acceptors (Lipinski definition) is 11. The topological polar surface area (TPSA) is 197 Å². The summed E-state index contributed by atoms with van der Waals surface area (Å²) >= 11 is 9.80. The molecule has 6 aromatic carbocycles. The predicted molar refractivity (Wildman–Crippen MR) is 338 cm³/mol. The number of nitrogens with one attached hydrogen (secondary N) is 5. The first-order valence-corrected chi connectivity index (χ1v) is 32.5. The van der Waals surface area contributed by atoms with Gasteiger partial charge in [0.1, 0.15) is 17.1 Å². The van der Waals surface area contributed by atoms with Crippen LogP contribution in [0, 0.1) is 0 Å². The van der Waals surface area contributed by atoms with Crippen molar-refractivity contribution in [3.05, 3.63) is 179 Å². The Balaban J connectivity index is 0.000000286. The highest BCUT2D eigenvalue weighted by Crippen LogP contribution is 2.39. The molecule has 0 heterocycles. The number of aromatic hydroxyl groups is 1. The van der Waals surface area contributed by atoms with Crippen molar-refractivity contribution < 1.29 is 35.9 Å². The van der Waals surface area contributed by atoms with E-state index in [1.54, 1.807) is 51.1 Å². The first-order valence-electron chi connectivity index (χ1n) is 26.0. The van der Waals surface area contributed by atoms with Gasteiger partial charge in [0.2, 0.25) is 20.0 Å². The van der Waals surface area contributed by atoms with Crippen molar-refractivity contribution in [1.82, 2.24) is 16.0 Å². The minimum absolute atomic E-state index is 0.0123. The summed E-state index contributed by atoms with van der Waals surface area (Å²) in [6.45, 7) is 26.7. The number of phenols is 1. The predicted octanol–water partition coefficient (Wildman–Crippen LogP) is 11.8. The second kappa shape index (κ2) is 28.2. The number of alkyl carbamates (subject to hydrolysis) is 1. The fraction of sp³-hybridized carbons (Fsp3) is 0.361. The Hall–Kier alpha value is -6.60. The largest absolute Gasteiger partial charge is 0.534 e. The average molecular weight is 1180 g/mol. The number of isothiocyanates is 1. The number of nitrogens with zero attached hydrogens (tertiary/aromatic N) is 1. The van der Waals surface area contributed by atoms with Gasteiger partial charge in [-0.15, -0.1) is 0 Å². The van der Waals surface area contributed by atoms with Crippen LogP contribution in [0.1, 0.15) is 116 Å². The molecule has 6 N–H and O–H groups in total. The number of amides is 1. The van der Waals surface area contributed by atoms with Crippen molar-refractivity contribution in [3.63, 3.8) is 0 Å². The number of aliphatic imine (C=N–C) groups is 1. The number of rotatable bonds is 16. The molecule has 19 heteroatoms. The number of benzene rings is 6. The van der Waals surface area contributed by atoms with Gasteiger partial charge in [-0.1, -0.05) is 184 Å². The monoisotopic (exact) mass is 1180 g/mol. The van der Waals surface area contributed by atoms with Gasteiger partial charge in [0.05, 0.1) is 35.6 Å². The van der Waals surface area contributed by atoms with Gasteiger partial charge in [-0.2, -0.15) is 0 Å². The maximum Gasteiger partial charge on any atom is 0.407 e. The fourth-order valence-corrected chi connectivity index (χ4v) is 13.9. The maximum absolute atomic E-state index is 12.4. The highest BCUT2D eigenvalue weighted by molar-refractivity contribution is 7.92. The number of ether oxygens (including phenoxy) is 1. The highest BCUT2D eigenvalue weighted by atomic mass is 32.2. The van der Waals surface area contributed by atoms with Crippen LogP contribution in [0.4, 0.5) is 16.2 Å². The zero-order valence-corrected chi connectivity index (χ0v) is 52.8. The summed E-state index contributed by atoms with van der Waals surface area (Å²) in [5.74, 6) is 0.478. The number of anilines is 2. The molecule has 6 rings (SSSR count). The zero-order chi connectivity index (χ0) is 59.7. The van der Waals surface area contributed by atoms with Crippen LogP contribution >= 0.6 is 24.4 Å². The summed E-state index contributed by atoms with van der Waals surface area (Å²) in [7, 11) is -9.92. The lowest BCUT2D eigenvalue weighted by Gasteiger charge is -2.43. The van der Waals surface area contributed by atoms with Crippen LogP contribution in [0.5, 0.6) is 11.5 Å². The highest BCUT2D eigenvalue weighted by Gasteiger charge is 2.52. The van der Waals surface area contributed by atoms with Crippen molar-refractivity contribution in [3.8, 4) is 11.5 Å². The van der Waals surface area contributed by atoms with E-state index in [4.69, 9.17) is 21.4 Å². The lowest BCUT2D eigenvalue weighted by molar-refractivity contribution is 0.0523. The first-order chi connectivity index (χ1) is 37.1. The molecule has 0 aromatic heterocycles. The third-order valence-electron chi connectivity index (χ3n) is 12.1. The molecule has 430 valence electrons. The molecular formula is C61H80N6O8S4Si. The van der Waals surface area contributed by atoms with Gasteiger partial charge in [-0.3, -0.25) is 9.44 Å². The molecule has 0 aliphatic heterocycles. The molecule has 80 heavy (non-hydrogen) atoms. The fourth-order valence-electron chi connectivity index (χ4n) is 8.14. The summed E-state index contributed by atoms with van der Waals surface area (Å²) in [4.78, 5) is 16.3. The van der Waals surface area contributed by atoms with E-state index in [0.29, 0.717) is 53.0 Å². The molecule has 14 nitrogen and oxygen atoms in total. The smallest absolute Gasteiger partial charge is 0.407 e. The normalized spacial score (nSPS) is 11.9. The summed E-state index contributed by atoms with van der Waals surface area (Å²) < 4.78 is 63.9. The summed E-state index contributed by atoms with van der Waals surface area (Å²) in [5, 5.41) is 23.7. The van der Waals surface area contributed by atoms with Crippen LogP contribution in [0.2, 0.25) is 5.04 Å². The van der Waals surface area contributed by atoms with Crippen LogP contribution in [-0.2, 0) is 61.8 Å². The molecule has 0 aliphatic rings. The molecule has 0 radical (unpaired) electrons. The first kappa shape index (κ1) is 65.9. The Morgan fingerprint density at radius 2 is 1.02 bits per heavy atom. The Kier molecular flexibility index (Phi) is 23.2. The standard InChI is InChI=1S/C29H38N2O5SSi.C20H27N3O3S2.C12H15NS/c1-28(2,3)35-27(32)30-21-22-18-19-23(31-37(7,33)34)20-26(22)36-38(29(4,5)6,24-14-10-8-11-15-24)25-16-12-9-13-17-25;1-20(2,3)16-8-5-14(6-9-16)12-21-19(27)22-13-15-7-10-17(11-18(15)24)23-28(4,25)26;1-12(2,3)11-6-4-10(5-7-11)8-13-9-14/h8-20,31H,21H2,1-7H3,(H,30,32);5-11,23-24H,12-13H2,1-4H3,(H2,21,22,27);4-7H,8H2,1-3H3. The van der Waals surface area contributed by atoms with Crippen LogP contribution in [0.25, 0.3) is 0 Å². The van der Waals surface area contributed by atoms with Crippen molar-refractivity contribution in [2.24, 2.45) is 4.99 Å². The quantitative estimate of drug-likeness (QED) is 0.0305. The van der Waals surface area contributed by atoms with Crippen LogP contribution in [-0.4, -0.2) is 64.7 Å². The third-order valence-corrected chi connectivity index (χ3v) is 18.7. The van der Waals surface area contributed by atoms with Gasteiger partial charge in [-0.25, -0.2) is 26.6 Å². The van der Waals surface area contributed by atoms with E-state index in [1.165, 1.54) is 22.8 Å². The van der Waals surface area contributed by atoms with E-state index < -0.39 is 40.1 Å². The average Bonchev–Trinajstić information content (AvgIpc) is 3.42. The lowest BCUT2D eigenvalue weighted by atomic mass is 9.87. The summed E-state index contributed by atoms with van der Waals surface area (Å²) in [5.41, 5.74) is 6.61. The minimum atomic E-state index is -3.51. The van der Waals surface area contributed by atoms with Gasteiger partial charge >= 0.3 is 14.4 Å². The van der Waals surface area contributed by atoms with Crippen LogP contribution in [0.15, 0.2) is 151 Å². The molecule has 0 unspecified atom stereocenters. The van der Waals surface area contributed by atoms with Crippen LogP contribution < -0.4 is 40.2 Å². The number of thiocarbonyl (C=S) groups is 2. The second-order valence-corrected chi connectivity index (χ2v) is 31.7. The van der Waals surface area contributed by atoms with Gasteiger partial charge < -0.3 is 30.2 Å². The number of carbonyl (C=O) groups excluding carboxylic acids is 1. The molecule has 0 aliphatic carbocycles. The molecule has 0 saturated carbocycles. The van der Waals surface area contributed by atoms with Gasteiger partial charge in [0.15, 0.2) is 5.11 Å². The Morgan fingerprint density at radius 3 is 1.45 bits per heavy atom. The van der Waals surface area contributed by atoms with E-state index in [9.17, 15) is 26.7 Å². The van der Waals surface area contributed by atoms with Crippen molar-refractivity contribution in [1.29, 1.82) is 0 Å². The Labute approximate surface area is 487 Å². The van der Waals surface area contributed by atoms with Crippen LogP contribution in [0.3, 0.4) is 0 Å². The van der Waals surface area contributed by atoms with E-state index in [-0.39, 0.29) is 28.2 Å². The molecule has 0 bridgehead atoms. The van der Waals surface area contributed by atoms with Crippen molar-refractivity contribution in [2.75, 3.05) is 22.0 Å². The van der Waals surface area contributed by atoms with E-state index in [1.807, 2.05) is 36.4 Å². The number of carbonyl (C=O) groups is 1. The molecular weight excluding hydrogens is 1100 g/mol. The van der Waals surface area contributed by atoms with Gasteiger partial charge in [-0.05, 0) is 106 Å². The number of phenolic OH excluding ortho intramolecular Hbond substituents is 1. The van der Waals surface area contributed by atoms with Crippen molar-refractivity contribution in [2.45, 2.75) is 131 Å². The second-order valence-electron chi connectivity index (χ2n) is 23.4. The van der Waals surface area contributed by atoms with Crippen molar-refractivity contribution >= 4 is 90.9 Å². The minimum Gasteiger partial charge on any atom is -0.534 e. The van der Waals surface area contributed by atoms with E-state index >= 15 is 0 Å². The SMILES string of the molecule is CC(C)(C)OC(=O)NCc1ccc(NS(C)(=O)=O)cc1O[Si](c1ccccc1)(c1ccccc1)C(C)(C)C.CC(C)(C)c1ccc(CN=C=S)cc1.CC(C)(C)c1ccc(CNC(=S)NCc2ccc(NS(C)(=O)=O)cc2O)cc1. The number of hydrogen-bond donors (Lipinski definition) is 6. The summed E-state index contributed by atoms with van der Waals surface area (Å²) in [6.07, 6.45) is 1.61. The van der Waals surface area contributed by atoms with E-state index in [2.05, 4.69) is 183 Å². The number of sulfonamides is 2. The maximum atomic E-state index is 12.4. The van der Waals surface area contributed by atoms with Gasteiger partial charge in [0, 0.05) is 42.9 Å². The molecule has 0 saturated heterocycles. The third kappa shape index (κ3) is 21.8. The van der Waals surface area contributed by atoms with Gasteiger partial charge in [0.25, 0.3) is 0 Å². The molecule has 0 atom stereocenters.